The second-order valence-corrected chi connectivity index (χ2v) is 7.33. The summed E-state index contributed by atoms with van der Waals surface area (Å²) in [6.45, 7) is 3.56. The molecule has 3 heterocycles. The molecule has 0 aromatic carbocycles. The fourth-order valence-electron chi connectivity index (χ4n) is 3.37. The van der Waals surface area contributed by atoms with Gasteiger partial charge in [-0.3, -0.25) is 0 Å². The quantitative estimate of drug-likeness (QED) is 0.851. The molecule has 1 aliphatic heterocycles. The van der Waals surface area contributed by atoms with Crippen molar-refractivity contribution in [1.82, 2.24) is 19.7 Å². The van der Waals surface area contributed by atoms with Crippen LogP contribution in [0.3, 0.4) is 0 Å². The van der Waals surface area contributed by atoms with E-state index >= 15 is 0 Å². The average molecular weight is 302 g/mol. The number of aromatic nitrogens is 3. The van der Waals surface area contributed by atoms with Gasteiger partial charge in [0.05, 0.1) is 0 Å². The van der Waals surface area contributed by atoms with Crippen molar-refractivity contribution in [3.8, 4) is 0 Å². The molecule has 1 aliphatic carbocycles. The van der Waals surface area contributed by atoms with Gasteiger partial charge in [-0.15, -0.1) is 21.5 Å². The smallest absolute Gasteiger partial charge is 0.137 e. The summed E-state index contributed by atoms with van der Waals surface area (Å²) < 4.78 is 2.34. The van der Waals surface area contributed by atoms with Gasteiger partial charge in [-0.2, -0.15) is 0 Å². The maximum absolute atomic E-state index is 4.43. The van der Waals surface area contributed by atoms with E-state index in [1.807, 2.05) is 17.7 Å². The van der Waals surface area contributed by atoms with Gasteiger partial charge in [-0.25, -0.2) is 0 Å². The summed E-state index contributed by atoms with van der Waals surface area (Å²) in [6, 6.07) is 5.09. The summed E-state index contributed by atoms with van der Waals surface area (Å²) >= 11 is 1.87. The fraction of sp³-hybridized carbons (Fsp3) is 0.625. The van der Waals surface area contributed by atoms with Crippen LogP contribution in [0.5, 0.6) is 0 Å². The standard InChI is InChI=1S/C16H22N4S/c1-3-13(16-18-17-12-20(16)14-5-6-14)11-19(8-1)9-7-15-4-2-10-21-15/h2,4,10,12-14H,1,3,5-9,11H2/t13-/m1/s1. The van der Waals surface area contributed by atoms with Gasteiger partial charge in [0.25, 0.3) is 0 Å². The molecule has 0 spiro atoms. The predicted octanol–water partition coefficient (Wildman–Crippen LogP) is 3.10. The highest BCUT2D eigenvalue weighted by molar-refractivity contribution is 7.09. The van der Waals surface area contributed by atoms with E-state index in [9.17, 15) is 0 Å². The Morgan fingerprint density at radius 3 is 3.05 bits per heavy atom. The number of thiophene rings is 1. The molecule has 2 aliphatic rings. The molecule has 2 aromatic heterocycles. The maximum atomic E-state index is 4.43. The van der Waals surface area contributed by atoms with E-state index in [4.69, 9.17) is 0 Å². The van der Waals surface area contributed by atoms with Crippen molar-refractivity contribution >= 4 is 11.3 Å². The highest BCUT2D eigenvalue weighted by Gasteiger charge is 2.31. The van der Waals surface area contributed by atoms with E-state index in [-0.39, 0.29) is 0 Å². The van der Waals surface area contributed by atoms with Crippen LogP contribution in [0.2, 0.25) is 0 Å². The molecule has 2 fully saturated rings. The Balaban J connectivity index is 1.39. The number of nitrogens with zero attached hydrogens (tertiary/aromatic N) is 4. The molecule has 4 rings (SSSR count). The molecule has 5 heteroatoms. The maximum Gasteiger partial charge on any atom is 0.137 e. The van der Waals surface area contributed by atoms with Crippen molar-refractivity contribution in [2.24, 2.45) is 0 Å². The molecule has 2 aromatic rings. The minimum absolute atomic E-state index is 0.574. The Bertz CT molecular complexity index is 573. The van der Waals surface area contributed by atoms with Crippen LogP contribution < -0.4 is 0 Å². The van der Waals surface area contributed by atoms with Gasteiger partial charge in [0.1, 0.15) is 12.2 Å². The summed E-state index contributed by atoms with van der Waals surface area (Å²) in [5, 5.41) is 10.8. The Morgan fingerprint density at radius 2 is 2.24 bits per heavy atom. The van der Waals surface area contributed by atoms with E-state index in [0.717, 1.165) is 6.54 Å². The fourth-order valence-corrected chi connectivity index (χ4v) is 4.07. The van der Waals surface area contributed by atoms with Crippen LogP contribution in [0, 0.1) is 0 Å². The van der Waals surface area contributed by atoms with Crippen LogP contribution in [-0.2, 0) is 6.42 Å². The number of piperidine rings is 1. The number of likely N-dealkylation sites (tertiary alicyclic amines) is 1. The topological polar surface area (TPSA) is 34.0 Å². The van der Waals surface area contributed by atoms with E-state index in [1.54, 1.807) is 0 Å². The average Bonchev–Trinajstić information content (AvgIpc) is 3.04. The van der Waals surface area contributed by atoms with Crippen LogP contribution >= 0.6 is 11.3 Å². The number of hydrogen-bond donors (Lipinski definition) is 0. The zero-order valence-electron chi connectivity index (χ0n) is 12.3. The highest BCUT2D eigenvalue weighted by Crippen LogP contribution is 2.38. The van der Waals surface area contributed by atoms with Crippen LogP contribution in [0.4, 0.5) is 0 Å². The van der Waals surface area contributed by atoms with Gasteiger partial charge < -0.3 is 9.47 Å². The summed E-state index contributed by atoms with van der Waals surface area (Å²) in [7, 11) is 0. The monoisotopic (exact) mass is 302 g/mol. The van der Waals surface area contributed by atoms with Crippen molar-refractivity contribution in [3.05, 3.63) is 34.5 Å². The van der Waals surface area contributed by atoms with E-state index in [0.29, 0.717) is 12.0 Å². The van der Waals surface area contributed by atoms with Gasteiger partial charge >= 0.3 is 0 Å². The third kappa shape index (κ3) is 3.04. The van der Waals surface area contributed by atoms with E-state index < -0.39 is 0 Å². The predicted molar refractivity (Wildman–Crippen MR) is 84.7 cm³/mol. The second kappa shape index (κ2) is 5.89. The van der Waals surface area contributed by atoms with Gasteiger partial charge in [0, 0.05) is 29.9 Å². The second-order valence-electron chi connectivity index (χ2n) is 6.30. The Hall–Kier alpha value is -1.20. The third-order valence-electron chi connectivity index (χ3n) is 4.67. The van der Waals surface area contributed by atoms with Crippen molar-refractivity contribution in [2.75, 3.05) is 19.6 Å². The van der Waals surface area contributed by atoms with Crippen molar-refractivity contribution in [3.63, 3.8) is 0 Å². The molecule has 0 amide bonds. The first-order valence-electron chi connectivity index (χ1n) is 8.04. The molecule has 1 atom stereocenters. The molecule has 0 N–H and O–H groups in total. The normalized spacial score (nSPS) is 23.5. The van der Waals surface area contributed by atoms with Gasteiger partial charge in [0.2, 0.25) is 0 Å². The number of hydrogen-bond acceptors (Lipinski definition) is 4. The van der Waals surface area contributed by atoms with Crippen LogP contribution in [-0.4, -0.2) is 39.3 Å². The molecule has 0 unspecified atom stereocenters. The molecule has 0 bridgehead atoms. The number of rotatable bonds is 5. The Kier molecular flexibility index (Phi) is 3.78. The van der Waals surface area contributed by atoms with Crippen LogP contribution in [0.25, 0.3) is 0 Å². The largest absolute Gasteiger partial charge is 0.314 e. The van der Waals surface area contributed by atoms with Gasteiger partial charge in [0.15, 0.2) is 0 Å². The van der Waals surface area contributed by atoms with E-state index in [2.05, 4.69) is 37.2 Å². The molecule has 1 saturated carbocycles. The lowest BCUT2D eigenvalue weighted by Crippen LogP contribution is -2.36. The SMILES string of the molecule is c1csc(CCN2CCC[C@@H](c3nncn3C3CC3)C2)c1. The first kappa shape index (κ1) is 13.5. The summed E-state index contributed by atoms with van der Waals surface area (Å²) in [4.78, 5) is 4.11. The van der Waals surface area contributed by atoms with Crippen LogP contribution in [0.15, 0.2) is 23.8 Å². The van der Waals surface area contributed by atoms with Crippen molar-refractivity contribution in [1.29, 1.82) is 0 Å². The summed E-state index contributed by atoms with van der Waals surface area (Å²) in [5.41, 5.74) is 0. The summed E-state index contributed by atoms with van der Waals surface area (Å²) in [6.07, 6.45) is 8.28. The lowest BCUT2D eigenvalue weighted by atomic mass is 9.97. The molecular weight excluding hydrogens is 280 g/mol. The zero-order chi connectivity index (χ0) is 14.1. The Morgan fingerprint density at radius 1 is 1.29 bits per heavy atom. The highest BCUT2D eigenvalue weighted by atomic mass is 32.1. The minimum Gasteiger partial charge on any atom is -0.314 e. The molecular formula is C16H22N4S. The van der Waals surface area contributed by atoms with Gasteiger partial charge in [-0.05, 0) is 50.1 Å². The molecule has 4 nitrogen and oxygen atoms in total. The van der Waals surface area contributed by atoms with Crippen molar-refractivity contribution < 1.29 is 0 Å². The van der Waals surface area contributed by atoms with Crippen LogP contribution in [0.1, 0.15) is 48.3 Å². The molecule has 112 valence electrons. The molecule has 1 saturated heterocycles. The third-order valence-corrected chi connectivity index (χ3v) is 5.60. The van der Waals surface area contributed by atoms with Crippen molar-refractivity contribution in [2.45, 2.75) is 44.1 Å². The summed E-state index contributed by atoms with van der Waals surface area (Å²) in [5.74, 6) is 1.81. The molecule has 21 heavy (non-hydrogen) atoms. The van der Waals surface area contributed by atoms with E-state index in [1.165, 1.54) is 55.9 Å². The zero-order valence-corrected chi connectivity index (χ0v) is 13.1. The lowest BCUT2D eigenvalue weighted by Gasteiger charge is -2.32. The first-order chi connectivity index (χ1) is 10.4. The Labute approximate surface area is 129 Å². The lowest BCUT2D eigenvalue weighted by molar-refractivity contribution is 0.204. The first-order valence-corrected chi connectivity index (χ1v) is 8.92. The van der Waals surface area contributed by atoms with Gasteiger partial charge in [-0.1, -0.05) is 6.07 Å². The minimum atomic E-state index is 0.574. The molecule has 0 radical (unpaired) electrons.